The summed E-state index contributed by atoms with van der Waals surface area (Å²) < 4.78 is 10.5. The monoisotopic (exact) mass is 325 g/mol. The maximum Gasteiger partial charge on any atom is 0.167 e. The Bertz CT molecular complexity index is 511. The number of methoxy groups -OCH3 is 2. The molecule has 0 unspecified atom stereocenters. The van der Waals surface area contributed by atoms with Gasteiger partial charge in [0, 0.05) is 19.0 Å². The number of hydrogen-bond donors (Lipinski definition) is 0. The molecule has 0 aromatic heterocycles. The van der Waals surface area contributed by atoms with Gasteiger partial charge in [-0.1, -0.05) is 24.4 Å². The lowest BCUT2D eigenvalue weighted by atomic mass is 10.1. The Morgan fingerprint density at radius 1 is 1.09 bits per heavy atom. The number of rotatable bonds is 6. The Labute approximate surface area is 137 Å². The van der Waals surface area contributed by atoms with Crippen LogP contribution in [0.5, 0.6) is 11.5 Å². The van der Waals surface area contributed by atoms with Crippen LogP contribution in [0, 0.1) is 0 Å². The van der Waals surface area contributed by atoms with Crippen LogP contribution in [0.4, 0.5) is 0 Å². The molecule has 122 valence electrons. The van der Waals surface area contributed by atoms with Gasteiger partial charge in [-0.05, 0) is 32.0 Å². The second-order valence-electron chi connectivity index (χ2n) is 5.62. The summed E-state index contributed by atoms with van der Waals surface area (Å²) >= 11 is 6.13. The summed E-state index contributed by atoms with van der Waals surface area (Å²) in [5.41, 5.74) is 0.531. The van der Waals surface area contributed by atoms with Gasteiger partial charge in [-0.3, -0.25) is 4.79 Å². The molecule has 1 saturated heterocycles. The molecule has 5 heteroatoms. The van der Waals surface area contributed by atoms with Crippen LogP contribution in [0.15, 0.2) is 12.1 Å². The Morgan fingerprint density at radius 2 is 1.73 bits per heavy atom. The van der Waals surface area contributed by atoms with Gasteiger partial charge >= 0.3 is 0 Å². The highest BCUT2D eigenvalue weighted by molar-refractivity contribution is 6.32. The van der Waals surface area contributed by atoms with E-state index < -0.39 is 0 Å². The smallest absolute Gasteiger partial charge is 0.167 e. The predicted molar refractivity (Wildman–Crippen MR) is 88.4 cm³/mol. The molecular formula is C17H24ClNO3. The summed E-state index contributed by atoms with van der Waals surface area (Å²) in [6.45, 7) is 2.98. The third-order valence-corrected chi connectivity index (χ3v) is 4.42. The van der Waals surface area contributed by atoms with Crippen molar-refractivity contribution in [1.29, 1.82) is 0 Å². The second kappa shape index (κ2) is 8.39. The molecule has 1 heterocycles. The zero-order valence-electron chi connectivity index (χ0n) is 13.4. The molecule has 1 aliphatic rings. The maximum absolute atomic E-state index is 12.5. The van der Waals surface area contributed by atoms with Gasteiger partial charge in [-0.2, -0.15) is 0 Å². The average Bonchev–Trinajstić information content (AvgIpc) is 2.81. The third kappa shape index (κ3) is 4.37. The van der Waals surface area contributed by atoms with Gasteiger partial charge in [0.05, 0.1) is 24.8 Å². The first-order valence-electron chi connectivity index (χ1n) is 7.82. The summed E-state index contributed by atoms with van der Waals surface area (Å²) in [6.07, 6.45) is 5.54. The molecule has 0 N–H and O–H groups in total. The fraction of sp³-hybridized carbons (Fsp3) is 0.588. The minimum atomic E-state index is 0.0608. The van der Waals surface area contributed by atoms with E-state index in [1.54, 1.807) is 26.4 Å². The van der Waals surface area contributed by atoms with E-state index >= 15 is 0 Å². The van der Waals surface area contributed by atoms with Gasteiger partial charge in [0.2, 0.25) is 0 Å². The summed E-state index contributed by atoms with van der Waals surface area (Å²) in [6, 6.07) is 3.31. The van der Waals surface area contributed by atoms with E-state index in [-0.39, 0.29) is 5.78 Å². The lowest BCUT2D eigenvalue weighted by molar-refractivity contribution is 0.0962. The van der Waals surface area contributed by atoms with Crippen LogP contribution in [-0.2, 0) is 0 Å². The highest BCUT2D eigenvalue weighted by Crippen LogP contribution is 2.33. The van der Waals surface area contributed by atoms with Crippen LogP contribution >= 0.6 is 11.6 Å². The van der Waals surface area contributed by atoms with Crippen LogP contribution in [0.2, 0.25) is 5.02 Å². The Hall–Kier alpha value is -1.26. The molecule has 0 atom stereocenters. The lowest BCUT2D eigenvalue weighted by Crippen LogP contribution is -2.27. The standard InChI is InChI=1S/C17H24ClNO3/c1-21-16-12-17(22-2)14(18)11-13(16)15(20)7-10-19-8-5-3-4-6-9-19/h11-12H,3-10H2,1-2H3. The molecule has 1 aromatic carbocycles. The first-order valence-corrected chi connectivity index (χ1v) is 8.20. The fourth-order valence-corrected chi connectivity index (χ4v) is 3.07. The van der Waals surface area contributed by atoms with Crippen molar-refractivity contribution in [3.63, 3.8) is 0 Å². The molecule has 1 aromatic rings. The van der Waals surface area contributed by atoms with Gasteiger partial charge in [0.1, 0.15) is 11.5 Å². The van der Waals surface area contributed by atoms with E-state index in [1.165, 1.54) is 25.7 Å². The molecule has 1 fully saturated rings. The molecule has 0 radical (unpaired) electrons. The van der Waals surface area contributed by atoms with Crippen molar-refractivity contribution >= 4 is 17.4 Å². The first kappa shape index (κ1) is 17.1. The average molecular weight is 326 g/mol. The minimum Gasteiger partial charge on any atom is -0.496 e. The number of carbonyl (C=O) groups is 1. The largest absolute Gasteiger partial charge is 0.496 e. The van der Waals surface area contributed by atoms with Crippen molar-refractivity contribution in [3.8, 4) is 11.5 Å². The van der Waals surface area contributed by atoms with E-state index in [0.29, 0.717) is 28.5 Å². The predicted octanol–water partition coefficient (Wildman–Crippen LogP) is 3.81. The number of ether oxygens (including phenoxy) is 2. The van der Waals surface area contributed by atoms with Gasteiger partial charge in [0.25, 0.3) is 0 Å². The summed E-state index contributed by atoms with van der Waals surface area (Å²) in [5.74, 6) is 1.09. The number of carbonyl (C=O) groups excluding carboxylic acids is 1. The Morgan fingerprint density at radius 3 is 2.32 bits per heavy atom. The van der Waals surface area contributed by atoms with E-state index in [0.717, 1.165) is 19.6 Å². The summed E-state index contributed by atoms with van der Waals surface area (Å²) in [7, 11) is 3.09. The molecular weight excluding hydrogens is 302 g/mol. The molecule has 1 aliphatic heterocycles. The van der Waals surface area contributed by atoms with Crippen LogP contribution in [0.1, 0.15) is 42.5 Å². The minimum absolute atomic E-state index is 0.0608. The molecule has 0 aliphatic carbocycles. The fourth-order valence-electron chi connectivity index (χ4n) is 2.83. The zero-order chi connectivity index (χ0) is 15.9. The Balaban J connectivity index is 2.03. The van der Waals surface area contributed by atoms with Crippen LogP contribution < -0.4 is 9.47 Å². The van der Waals surface area contributed by atoms with Gasteiger partial charge in [0.15, 0.2) is 5.78 Å². The molecule has 0 bridgehead atoms. The topological polar surface area (TPSA) is 38.8 Å². The van der Waals surface area contributed by atoms with Gasteiger partial charge in [-0.25, -0.2) is 0 Å². The van der Waals surface area contributed by atoms with E-state index in [2.05, 4.69) is 4.90 Å². The third-order valence-electron chi connectivity index (χ3n) is 4.13. The van der Waals surface area contributed by atoms with Crippen molar-refractivity contribution < 1.29 is 14.3 Å². The number of likely N-dealkylation sites (tertiary alicyclic amines) is 1. The lowest BCUT2D eigenvalue weighted by Gasteiger charge is -2.19. The number of halogens is 1. The number of ketones is 1. The summed E-state index contributed by atoms with van der Waals surface area (Å²) in [4.78, 5) is 14.9. The number of nitrogens with zero attached hydrogens (tertiary/aromatic N) is 1. The van der Waals surface area contributed by atoms with Crippen molar-refractivity contribution in [2.75, 3.05) is 33.9 Å². The van der Waals surface area contributed by atoms with E-state index in [4.69, 9.17) is 21.1 Å². The quantitative estimate of drug-likeness (QED) is 0.746. The maximum atomic E-state index is 12.5. The zero-order valence-corrected chi connectivity index (χ0v) is 14.1. The van der Waals surface area contributed by atoms with Gasteiger partial charge in [-0.15, -0.1) is 0 Å². The van der Waals surface area contributed by atoms with Crippen LogP contribution in [0.25, 0.3) is 0 Å². The highest BCUT2D eigenvalue weighted by Gasteiger charge is 2.18. The molecule has 0 saturated carbocycles. The highest BCUT2D eigenvalue weighted by atomic mass is 35.5. The van der Waals surface area contributed by atoms with E-state index in [1.807, 2.05) is 0 Å². The first-order chi connectivity index (χ1) is 10.7. The van der Waals surface area contributed by atoms with Crippen LogP contribution in [-0.4, -0.2) is 44.5 Å². The second-order valence-corrected chi connectivity index (χ2v) is 6.02. The normalized spacial score (nSPS) is 16.1. The molecule has 4 nitrogen and oxygen atoms in total. The van der Waals surface area contributed by atoms with Crippen molar-refractivity contribution in [1.82, 2.24) is 4.90 Å². The molecule has 22 heavy (non-hydrogen) atoms. The van der Waals surface area contributed by atoms with Crippen molar-refractivity contribution in [2.45, 2.75) is 32.1 Å². The molecule has 2 rings (SSSR count). The summed E-state index contributed by atoms with van der Waals surface area (Å²) in [5, 5.41) is 0.432. The number of Topliss-reactive ketones (excluding diaryl/α,β-unsaturated/α-hetero) is 1. The van der Waals surface area contributed by atoms with Crippen molar-refractivity contribution in [2.24, 2.45) is 0 Å². The van der Waals surface area contributed by atoms with Crippen LogP contribution in [0.3, 0.4) is 0 Å². The van der Waals surface area contributed by atoms with Gasteiger partial charge < -0.3 is 14.4 Å². The SMILES string of the molecule is COc1cc(OC)c(C(=O)CCN2CCCCCC2)cc1Cl. The number of benzene rings is 1. The van der Waals surface area contributed by atoms with E-state index in [9.17, 15) is 4.79 Å². The Kier molecular flexibility index (Phi) is 6.52. The van der Waals surface area contributed by atoms with Crippen molar-refractivity contribution in [3.05, 3.63) is 22.7 Å². The molecule has 0 amide bonds. The molecule has 0 spiro atoms. The number of hydrogen-bond acceptors (Lipinski definition) is 4.